The van der Waals surface area contributed by atoms with Gasteiger partial charge in [0.1, 0.15) is 28.3 Å². The number of amidine groups is 1. The number of carbonyl (C=O) groups excluding carboxylic acids is 2. The Morgan fingerprint density at radius 3 is 2.38 bits per heavy atom. The van der Waals surface area contributed by atoms with Crippen LogP contribution >= 0.6 is 11.8 Å². The largest absolute Gasteiger partial charge is 0.497 e. The van der Waals surface area contributed by atoms with E-state index in [0.29, 0.717) is 29.6 Å². The van der Waals surface area contributed by atoms with Gasteiger partial charge in [0, 0.05) is 13.0 Å². The summed E-state index contributed by atoms with van der Waals surface area (Å²) in [5.74, 6) is -0.294. The van der Waals surface area contributed by atoms with Gasteiger partial charge in [-0.1, -0.05) is 23.9 Å². The van der Waals surface area contributed by atoms with Crippen LogP contribution in [-0.4, -0.2) is 52.8 Å². The second-order valence-electron chi connectivity index (χ2n) is 8.46. The number of carbonyl (C=O) groups is 2. The van der Waals surface area contributed by atoms with Crippen molar-refractivity contribution in [2.75, 3.05) is 26.1 Å². The fourth-order valence-electron chi connectivity index (χ4n) is 3.85. The average molecular weight is 553 g/mol. The van der Waals surface area contributed by atoms with Crippen molar-refractivity contribution in [1.82, 2.24) is 4.90 Å². The van der Waals surface area contributed by atoms with Crippen LogP contribution in [0.2, 0.25) is 0 Å². The van der Waals surface area contributed by atoms with Crippen molar-refractivity contribution in [2.24, 2.45) is 4.99 Å². The van der Waals surface area contributed by atoms with Gasteiger partial charge in [0.15, 0.2) is 5.17 Å². The normalized spacial score (nSPS) is 15.9. The molecule has 1 N–H and O–H groups in total. The number of methoxy groups -OCH3 is 2. The molecule has 0 radical (unpaired) electrons. The molecule has 1 atom stereocenters. The maximum absolute atomic E-state index is 13.4. The van der Waals surface area contributed by atoms with Gasteiger partial charge in [0.25, 0.3) is 5.69 Å². The first-order valence-corrected chi connectivity index (χ1v) is 12.7. The van der Waals surface area contributed by atoms with Gasteiger partial charge in [-0.2, -0.15) is 0 Å². The first-order valence-electron chi connectivity index (χ1n) is 11.8. The van der Waals surface area contributed by atoms with E-state index in [2.05, 4.69) is 10.3 Å². The van der Waals surface area contributed by atoms with E-state index < -0.39 is 21.9 Å². The number of aliphatic imine (C=N–C) groups is 1. The minimum atomic E-state index is -0.794. The Hall–Kier alpha value is -4.45. The number of hydrogen-bond donors (Lipinski definition) is 1. The van der Waals surface area contributed by atoms with Crippen molar-refractivity contribution in [1.29, 1.82) is 0 Å². The monoisotopic (exact) mass is 552 g/mol. The van der Waals surface area contributed by atoms with Crippen molar-refractivity contribution in [2.45, 2.75) is 18.1 Å². The predicted molar refractivity (Wildman–Crippen MR) is 146 cm³/mol. The number of hydrogen-bond acceptors (Lipinski definition) is 8. The Kier molecular flexibility index (Phi) is 8.77. The van der Waals surface area contributed by atoms with Crippen LogP contribution in [0.5, 0.6) is 11.5 Å². The van der Waals surface area contributed by atoms with Gasteiger partial charge < -0.3 is 14.8 Å². The molecule has 1 heterocycles. The highest BCUT2D eigenvalue weighted by molar-refractivity contribution is 8.15. The molecule has 12 heteroatoms. The summed E-state index contributed by atoms with van der Waals surface area (Å²) < 4.78 is 23.6. The summed E-state index contributed by atoms with van der Waals surface area (Å²) in [5.41, 5.74) is 1.11. The number of rotatable bonds is 10. The van der Waals surface area contributed by atoms with Gasteiger partial charge in [-0.25, -0.2) is 9.38 Å². The molecular formula is C27H25FN4O6S. The molecule has 0 spiro atoms. The molecule has 1 saturated heterocycles. The molecule has 0 bridgehead atoms. The summed E-state index contributed by atoms with van der Waals surface area (Å²) >= 11 is 1.12. The van der Waals surface area contributed by atoms with E-state index in [9.17, 15) is 24.1 Å². The van der Waals surface area contributed by atoms with E-state index in [1.54, 1.807) is 7.11 Å². The first-order chi connectivity index (χ1) is 18.8. The lowest BCUT2D eigenvalue weighted by Crippen LogP contribution is -2.35. The Morgan fingerprint density at radius 1 is 1.08 bits per heavy atom. The lowest BCUT2D eigenvalue weighted by atomic mass is 10.1. The number of ether oxygens (including phenoxy) is 2. The molecule has 39 heavy (non-hydrogen) atoms. The number of amides is 2. The summed E-state index contributed by atoms with van der Waals surface area (Å²) in [7, 11) is 2.96. The zero-order valence-electron chi connectivity index (χ0n) is 21.1. The SMILES string of the molecule is COc1ccc(CCN2C(=O)[C@@H](CC(=O)Nc3ccc(OC)cc3[N+](=O)[O-])SC2=Nc2ccc(F)cc2)cc1. The number of nitrogens with zero attached hydrogens (tertiary/aromatic N) is 3. The van der Waals surface area contributed by atoms with Crippen LogP contribution in [-0.2, 0) is 16.0 Å². The van der Waals surface area contributed by atoms with E-state index in [0.717, 1.165) is 17.3 Å². The maximum Gasteiger partial charge on any atom is 0.296 e. The quantitative estimate of drug-likeness (QED) is 0.279. The highest BCUT2D eigenvalue weighted by Crippen LogP contribution is 2.33. The van der Waals surface area contributed by atoms with Gasteiger partial charge in [-0.3, -0.25) is 24.6 Å². The third-order valence-corrected chi connectivity index (χ3v) is 7.08. The number of halogens is 1. The topological polar surface area (TPSA) is 123 Å². The lowest BCUT2D eigenvalue weighted by Gasteiger charge is -2.17. The third kappa shape index (κ3) is 6.90. The van der Waals surface area contributed by atoms with Gasteiger partial charge >= 0.3 is 0 Å². The molecule has 0 aromatic heterocycles. The Morgan fingerprint density at radius 2 is 1.74 bits per heavy atom. The molecule has 202 valence electrons. The van der Waals surface area contributed by atoms with E-state index in [-0.39, 0.29) is 29.5 Å². The Balaban J connectivity index is 1.51. The van der Waals surface area contributed by atoms with Crippen LogP contribution in [0.1, 0.15) is 12.0 Å². The number of nitro benzene ring substituents is 1. The van der Waals surface area contributed by atoms with Crippen LogP contribution in [0.3, 0.4) is 0 Å². The van der Waals surface area contributed by atoms with Gasteiger partial charge in [-0.15, -0.1) is 0 Å². The third-order valence-electron chi connectivity index (χ3n) is 5.90. The van der Waals surface area contributed by atoms with Crippen molar-refractivity contribution in [3.63, 3.8) is 0 Å². The summed E-state index contributed by atoms with van der Waals surface area (Å²) in [6.45, 7) is 0.306. The van der Waals surface area contributed by atoms with Crippen molar-refractivity contribution in [3.05, 3.63) is 88.2 Å². The highest BCUT2D eigenvalue weighted by atomic mass is 32.2. The zero-order valence-corrected chi connectivity index (χ0v) is 21.9. The molecule has 1 aliphatic rings. The number of anilines is 1. The molecule has 1 aliphatic heterocycles. The fraction of sp³-hybridized carbons (Fsp3) is 0.222. The van der Waals surface area contributed by atoms with Gasteiger partial charge in [-0.05, 0) is 60.5 Å². The number of nitro groups is 1. The van der Waals surface area contributed by atoms with E-state index in [4.69, 9.17) is 9.47 Å². The van der Waals surface area contributed by atoms with Crippen molar-refractivity contribution < 1.29 is 28.4 Å². The molecule has 1 fully saturated rings. The number of benzene rings is 3. The van der Waals surface area contributed by atoms with E-state index >= 15 is 0 Å². The minimum Gasteiger partial charge on any atom is -0.497 e. The molecule has 10 nitrogen and oxygen atoms in total. The molecule has 3 aromatic rings. The van der Waals surface area contributed by atoms with Crippen LogP contribution in [0, 0.1) is 15.9 Å². The number of thioether (sulfide) groups is 1. The second-order valence-corrected chi connectivity index (χ2v) is 9.63. The smallest absolute Gasteiger partial charge is 0.296 e. The maximum atomic E-state index is 13.4. The van der Waals surface area contributed by atoms with Crippen molar-refractivity contribution in [3.8, 4) is 11.5 Å². The first kappa shape index (κ1) is 27.6. The van der Waals surface area contributed by atoms with Gasteiger partial charge in [0.2, 0.25) is 11.8 Å². The van der Waals surface area contributed by atoms with E-state index in [1.807, 2.05) is 24.3 Å². The molecule has 0 saturated carbocycles. The summed E-state index contributed by atoms with van der Waals surface area (Å²) in [6.07, 6.45) is 0.295. The Labute approximate surface area is 228 Å². The molecule has 0 unspecified atom stereocenters. The molecular weight excluding hydrogens is 527 g/mol. The summed E-state index contributed by atoms with van der Waals surface area (Å²) in [6, 6.07) is 17.1. The predicted octanol–water partition coefficient (Wildman–Crippen LogP) is 4.95. The fourth-order valence-corrected chi connectivity index (χ4v) is 5.04. The second kappa shape index (κ2) is 12.4. The van der Waals surface area contributed by atoms with Crippen LogP contribution in [0.25, 0.3) is 0 Å². The summed E-state index contributed by atoms with van der Waals surface area (Å²) in [5, 5.41) is 13.6. The molecule has 0 aliphatic carbocycles. The van der Waals surface area contributed by atoms with E-state index in [1.165, 1.54) is 54.5 Å². The molecule has 4 rings (SSSR count). The van der Waals surface area contributed by atoms with Crippen LogP contribution < -0.4 is 14.8 Å². The zero-order chi connectivity index (χ0) is 27.9. The number of nitrogens with one attached hydrogen (secondary N) is 1. The van der Waals surface area contributed by atoms with Crippen molar-refractivity contribution >= 4 is 45.8 Å². The van der Waals surface area contributed by atoms with Crippen LogP contribution in [0.15, 0.2) is 71.7 Å². The highest BCUT2D eigenvalue weighted by Gasteiger charge is 2.39. The lowest BCUT2D eigenvalue weighted by molar-refractivity contribution is -0.384. The average Bonchev–Trinajstić information content (AvgIpc) is 3.22. The van der Waals surface area contributed by atoms with Gasteiger partial charge in [0.05, 0.1) is 30.9 Å². The molecule has 3 aromatic carbocycles. The molecule has 2 amide bonds. The standard InChI is InChI=1S/C27H25FN4O6S/c1-37-20-9-3-17(4-10-20)13-14-31-26(34)24(39-27(31)29-19-7-5-18(28)6-8-19)16-25(33)30-22-12-11-21(38-2)15-23(22)32(35)36/h3-12,15,24H,13-14,16H2,1-2H3,(H,30,33)/t24-/m1/s1. The Bertz CT molecular complexity index is 1400. The minimum absolute atomic E-state index is 0.00203. The summed E-state index contributed by atoms with van der Waals surface area (Å²) in [4.78, 5) is 43.1. The van der Waals surface area contributed by atoms with Crippen LogP contribution in [0.4, 0.5) is 21.5 Å².